The smallest absolute Gasteiger partial charge is 0.271 e. The number of amides is 1. The monoisotopic (exact) mass is 330 g/mol. The van der Waals surface area contributed by atoms with Gasteiger partial charge < -0.3 is 9.84 Å². The number of para-hydroxylation sites is 1. The van der Waals surface area contributed by atoms with Gasteiger partial charge in [0.2, 0.25) is 0 Å². The topological polar surface area (TPSA) is 70.9 Å². The number of rotatable bonds is 6. The first kappa shape index (κ1) is 17.6. The lowest BCUT2D eigenvalue weighted by molar-refractivity contribution is -0.136. The number of hydrogen-bond acceptors (Lipinski definition) is 4. The van der Waals surface area contributed by atoms with Crippen molar-refractivity contribution in [3.63, 3.8) is 0 Å². The molecule has 24 heavy (non-hydrogen) atoms. The third-order valence-corrected chi connectivity index (χ3v) is 3.19. The number of nitrogens with zero attached hydrogens (tertiary/aromatic N) is 1. The summed E-state index contributed by atoms with van der Waals surface area (Å²) >= 11 is 0. The van der Waals surface area contributed by atoms with Crippen LogP contribution in [0.4, 0.5) is 4.39 Å². The van der Waals surface area contributed by atoms with Gasteiger partial charge in [-0.2, -0.15) is 5.10 Å². The number of aliphatic hydroxyl groups is 1. The molecule has 0 atom stereocenters. The molecule has 0 aliphatic carbocycles. The van der Waals surface area contributed by atoms with Gasteiger partial charge in [-0.25, -0.2) is 9.82 Å². The molecule has 5 nitrogen and oxygen atoms in total. The number of hydrazone groups is 1. The fourth-order valence-corrected chi connectivity index (χ4v) is 1.79. The highest BCUT2D eigenvalue weighted by Crippen LogP contribution is 2.18. The molecule has 0 saturated carbocycles. The van der Waals surface area contributed by atoms with Gasteiger partial charge in [-0.05, 0) is 32.0 Å². The third-order valence-electron chi connectivity index (χ3n) is 3.19. The fraction of sp³-hybridized carbons (Fsp3) is 0.222. The predicted octanol–water partition coefficient (Wildman–Crippen LogP) is 2.63. The molecule has 2 aromatic rings. The Bertz CT molecular complexity index is 739. The molecular formula is C18H19FN2O3. The van der Waals surface area contributed by atoms with E-state index < -0.39 is 11.5 Å². The van der Waals surface area contributed by atoms with E-state index in [1.54, 1.807) is 42.5 Å². The number of carbonyl (C=O) groups is 1. The molecule has 2 aromatic carbocycles. The molecule has 0 spiro atoms. The first-order chi connectivity index (χ1) is 11.4. The number of ether oxygens (including phenoxy) is 1. The van der Waals surface area contributed by atoms with Gasteiger partial charge in [-0.15, -0.1) is 0 Å². The van der Waals surface area contributed by atoms with Crippen LogP contribution in [-0.2, 0) is 11.4 Å². The van der Waals surface area contributed by atoms with Gasteiger partial charge in [0, 0.05) is 11.1 Å². The molecule has 0 aliphatic rings. The van der Waals surface area contributed by atoms with Crippen molar-refractivity contribution in [2.45, 2.75) is 26.1 Å². The minimum atomic E-state index is -1.52. The Morgan fingerprint density at radius 2 is 1.92 bits per heavy atom. The summed E-state index contributed by atoms with van der Waals surface area (Å²) in [5.74, 6) is -0.452. The summed E-state index contributed by atoms with van der Waals surface area (Å²) in [6, 6.07) is 13.4. The zero-order valence-electron chi connectivity index (χ0n) is 13.5. The van der Waals surface area contributed by atoms with Crippen LogP contribution < -0.4 is 10.2 Å². The average molecular weight is 330 g/mol. The van der Waals surface area contributed by atoms with E-state index in [9.17, 15) is 14.3 Å². The molecule has 0 fully saturated rings. The second kappa shape index (κ2) is 7.70. The number of carbonyl (C=O) groups excluding carboxylic acids is 1. The lowest BCUT2D eigenvalue weighted by atomic mass is 10.1. The van der Waals surface area contributed by atoms with Gasteiger partial charge in [-0.3, -0.25) is 4.79 Å². The minimum Gasteiger partial charge on any atom is -0.488 e. The van der Waals surface area contributed by atoms with E-state index in [0.29, 0.717) is 16.9 Å². The van der Waals surface area contributed by atoms with E-state index >= 15 is 0 Å². The van der Waals surface area contributed by atoms with Gasteiger partial charge in [-0.1, -0.05) is 30.3 Å². The molecule has 126 valence electrons. The normalized spacial score (nSPS) is 11.5. The molecule has 1 amide bonds. The van der Waals surface area contributed by atoms with Crippen LogP contribution in [0.2, 0.25) is 0 Å². The maximum atomic E-state index is 13.6. The number of halogens is 1. The molecule has 0 bridgehead atoms. The standard InChI is InChI=1S/C18H19FN2O3/c1-18(2,23)17(22)21-20-11-13-7-4-6-10-16(13)24-12-14-8-3-5-9-15(14)19/h3-11,23H,12H2,1-2H3,(H,21,22)/b20-11-. The van der Waals surface area contributed by atoms with Gasteiger partial charge in [0.1, 0.15) is 23.8 Å². The largest absolute Gasteiger partial charge is 0.488 e. The van der Waals surface area contributed by atoms with E-state index in [0.717, 1.165) is 0 Å². The van der Waals surface area contributed by atoms with Crippen molar-refractivity contribution in [2.24, 2.45) is 5.10 Å². The van der Waals surface area contributed by atoms with Crippen molar-refractivity contribution in [2.75, 3.05) is 0 Å². The van der Waals surface area contributed by atoms with Crippen LogP contribution in [0.5, 0.6) is 5.75 Å². The summed E-state index contributed by atoms with van der Waals surface area (Å²) in [4.78, 5) is 11.5. The molecule has 2 N–H and O–H groups in total. The second-order valence-electron chi connectivity index (χ2n) is 5.68. The first-order valence-corrected chi connectivity index (χ1v) is 7.39. The summed E-state index contributed by atoms with van der Waals surface area (Å²) in [7, 11) is 0. The summed E-state index contributed by atoms with van der Waals surface area (Å²) < 4.78 is 19.3. The van der Waals surface area contributed by atoms with Crippen molar-refractivity contribution >= 4 is 12.1 Å². The Balaban J connectivity index is 2.05. The Labute approximate surface area is 139 Å². The highest BCUT2D eigenvalue weighted by atomic mass is 19.1. The van der Waals surface area contributed by atoms with Crippen LogP contribution in [0.25, 0.3) is 0 Å². The second-order valence-corrected chi connectivity index (χ2v) is 5.68. The Kier molecular flexibility index (Phi) is 5.65. The van der Waals surface area contributed by atoms with Gasteiger partial charge in [0.15, 0.2) is 0 Å². The molecule has 6 heteroatoms. The summed E-state index contributed by atoms with van der Waals surface area (Å²) in [6.45, 7) is 2.81. The molecule has 0 radical (unpaired) electrons. The fourth-order valence-electron chi connectivity index (χ4n) is 1.79. The van der Waals surface area contributed by atoms with Crippen molar-refractivity contribution in [1.29, 1.82) is 0 Å². The van der Waals surface area contributed by atoms with E-state index in [2.05, 4.69) is 10.5 Å². The highest BCUT2D eigenvalue weighted by molar-refractivity contribution is 5.87. The molecule has 0 unspecified atom stereocenters. The van der Waals surface area contributed by atoms with E-state index in [4.69, 9.17) is 4.74 Å². The van der Waals surface area contributed by atoms with Crippen molar-refractivity contribution in [1.82, 2.24) is 5.43 Å². The van der Waals surface area contributed by atoms with Crippen LogP contribution in [0.3, 0.4) is 0 Å². The van der Waals surface area contributed by atoms with Crippen LogP contribution in [0, 0.1) is 5.82 Å². The summed E-state index contributed by atoms with van der Waals surface area (Å²) in [5.41, 5.74) is 1.79. The van der Waals surface area contributed by atoms with Crippen molar-refractivity contribution in [3.05, 3.63) is 65.5 Å². The lowest BCUT2D eigenvalue weighted by Gasteiger charge is -2.13. The molecular weight excluding hydrogens is 311 g/mol. The minimum absolute atomic E-state index is 0.0769. The van der Waals surface area contributed by atoms with Crippen molar-refractivity contribution < 1.29 is 19.0 Å². The number of benzene rings is 2. The SMILES string of the molecule is CC(C)(O)C(=O)N/N=C\c1ccccc1OCc1ccccc1F. The highest BCUT2D eigenvalue weighted by Gasteiger charge is 2.22. The van der Waals surface area contributed by atoms with Gasteiger partial charge in [0.25, 0.3) is 5.91 Å². The molecule has 2 rings (SSSR count). The van der Waals surface area contributed by atoms with Crippen LogP contribution in [0.15, 0.2) is 53.6 Å². The summed E-state index contributed by atoms with van der Waals surface area (Å²) in [6.07, 6.45) is 1.40. The number of nitrogens with one attached hydrogen (secondary N) is 1. The Morgan fingerprint density at radius 1 is 1.25 bits per heavy atom. The lowest BCUT2D eigenvalue weighted by Crippen LogP contribution is -2.39. The molecule has 0 aromatic heterocycles. The average Bonchev–Trinajstić information content (AvgIpc) is 2.54. The summed E-state index contributed by atoms with van der Waals surface area (Å²) in [5, 5.41) is 13.3. The molecule has 0 saturated heterocycles. The van der Waals surface area contributed by atoms with Gasteiger partial charge in [0.05, 0.1) is 6.21 Å². The Hall–Kier alpha value is -2.73. The zero-order valence-corrected chi connectivity index (χ0v) is 13.5. The van der Waals surface area contributed by atoms with Crippen molar-refractivity contribution in [3.8, 4) is 5.75 Å². The number of hydrogen-bond donors (Lipinski definition) is 2. The van der Waals surface area contributed by atoms with Crippen LogP contribution in [-0.4, -0.2) is 22.8 Å². The molecule has 0 aliphatic heterocycles. The van der Waals surface area contributed by atoms with Crippen LogP contribution in [0.1, 0.15) is 25.0 Å². The maximum Gasteiger partial charge on any atom is 0.271 e. The quantitative estimate of drug-likeness (QED) is 0.632. The first-order valence-electron chi connectivity index (χ1n) is 7.39. The van der Waals surface area contributed by atoms with Gasteiger partial charge >= 0.3 is 0 Å². The van der Waals surface area contributed by atoms with E-state index in [1.807, 2.05) is 0 Å². The zero-order chi connectivity index (χ0) is 17.6. The van der Waals surface area contributed by atoms with E-state index in [-0.39, 0.29) is 12.4 Å². The predicted molar refractivity (Wildman–Crippen MR) is 89.2 cm³/mol. The van der Waals surface area contributed by atoms with E-state index in [1.165, 1.54) is 26.1 Å². The molecule has 0 heterocycles. The Morgan fingerprint density at radius 3 is 2.62 bits per heavy atom. The third kappa shape index (κ3) is 4.89. The maximum absolute atomic E-state index is 13.6. The van der Waals surface area contributed by atoms with Crippen LogP contribution >= 0.6 is 0 Å².